The molecule has 1 aliphatic heterocycles. The van der Waals surface area contributed by atoms with Crippen molar-refractivity contribution in [2.75, 3.05) is 13.2 Å². The molecule has 0 radical (unpaired) electrons. The van der Waals surface area contributed by atoms with Crippen LogP contribution in [0.25, 0.3) is 5.13 Å². The van der Waals surface area contributed by atoms with Crippen LogP contribution in [0, 0.1) is 13.8 Å². The van der Waals surface area contributed by atoms with Crippen LogP contribution in [-0.2, 0) is 9.53 Å². The number of ether oxygens (including phenoxy) is 1. The number of amides is 2. The minimum absolute atomic E-state index is 0.00117. The number of esters is 1. The summed E-state index contributed by atoms with van der Waals surface area (Å²) in [6.07, 6.45) is 1.96. The van der Waals surface area contributed by atoms with Gasteiger partial charge >= 0.3 is 5.97 Å². The van der Waals surface area contributed by atoms with E-state index in [1.54, 1.807) is 36.5 Å². The number of fused-ring (bicyclic) bond motifs is 1. The molecule has 8 nitrogen and oxygen atoms in total. The summed E-state index contributed by atoms with van der Waals surface area (Å²) in [7, 11) is 0. The predicted octanol–water partition coefficient (Wildman–Crippen LogP) is 3.35. The van der Waals surface area contributed by atoms with Crippen molar-refractivity contribution in [3.05, 3.63) is 70.0 Å². The standard InChI is InChI=1S/C23H21N3O5S/c1-14-12-18(15(2)26(14)23-24-9-11-32-23)19(27)13-31-20(28)8-5-10-25-21(29)16-6-3-4-7-17(16)22(25)30/h3-4,6-7,9,11-12H,5,8,10,13H2,1-2H3. The number of aromatic nitrogens is 2. The summed E-state index contributed by atoms with van der Waals surface area (Å²) < 4.78 is 7.02. The van der Waals surface area contributed by atoms with Crippen molar-refractivity contribution in [2.45, 2.75) is 26.7 Å². The molecule has 2 amide bonds. The molecule has 1 aliphatic rings. The molecule has 164 valence electrons. The second kappa shape index (κ2) is 8.88. The number of aryl methyl sites for hydroxylation is 1. The van der Waals surface area contributed by atoms with Crippen LogP contribution in [0.5, 0.6) is 0 Å². The number of Topliss-reactive ketones (excluding diaryl/α,β-unsaturated/α-hetero) is 1. The molecule has 0 bridgehead atoms. The quantitative estimate of drug-likeness (QED) is 0.296. The lowest BCUT2D eigenvalue weighted by Crippen LogP contribution is -2.31. The number of imide groups is 1. The first-order valence-electron chi connectivity index (χ1n) is 10.1. The summed E-state index contributed by atoms with van der Waals surface area (Å²) in [5.74, 6) is -1.56. The minimum Gasteiger partial charge on any atom is -0.457 e. The Morgan fingerprint density at radius 3 is 2.41 bits per heavy atom. The molecule has 32 heavy (non-hydrogen) atoms. The second-order valence-electron chi connectivity index (χ2n) is 7.43. The number of carbonyl (C=O) groups excluding carboxylic acids is 4. The number of hydrogen-bond donors (Lipinski definition) is 0. The van der Waals surface area contributed by atoms with Crippen LogP contribution in [0.1, 0.15) is 55.3 Å². The highest BCUT2D eigenvalue weighted by Crippen LogP contribution is 2.24. The zero-order valence-corrected chi connectivity index (χ0v) is 18.5. The molecule has 0 saturated carbocycles. The second-order valence-corrected chi connectivity index (χ2v) is 8.30. The number of rotatable bonds is 8. The van der Waals surface area contributed by atoms with Crippen molar-refractivity contribution < 1.29 is 23.9 Å². The van der Waals surface area contributed by atoms with E-state index in [2.05, 4.69) is 4.98 Å². The van der Waals surface area contributed by atoms with Crippen molar-refractivity contribution in [2.24, 2.45) is 0 Å². The molecule has 0 fully saturated rings. The van der Waals surface area contributed by atoms with Crippen LogP contribution in [0.4, 0.5) is 0 Å². The molecule has 0 atom stereocenters. The monoisotopic (exact) mass is 451 g/mol. The van der Waals surface area contributed by atoms with Gasteiger partial charge in [0.25, 0.3) is 11.8 Å². The smallest absolute Gasteiger partial charge is 0.306 e. The zero-order chi connectivity index (χ0) is 22.8. The molecule has 0 saturated heterocycles. The van der Waals surface area contributed by atoms with Gasteiger partial charge in [0.15, 0.2) is 11.7 Å². The summed E-state index contributed by atoms with van der Waals surface area (Å²) in [5.41, 5.74) is 2.84. The Balaban J connectivity index is 1.28. The maximum atomic E-state index is 12.6. The van der Waals surface area contributed by atoms with Gasteiger partial charge in [0.1, 0.15) is 0 Å². The molecule has 9 heteroatoms. The highest BCUT2D eigenvalue weighted by molar-refractivity contribution is 7.12. The predicted molar refractivity (Wildman–Crippen MR) is 117 cm³/mol. The van der Waals surface area contributed by atoms with Crippen molar-refractivity contribution >= 4 is 34.9 Å². The summed E-state index contributed by atoms with van der Waals surface area (Å²) in [5, 5.41) is 2.63. The average molecular weight is 452 g/mol. The third-order valence-corrected chi connectivity index (χ3v) is 6.10. The molecule has 2 aromatic heterocycles. The SMILES string of the molecule is Cc1cc(C(=O)COC(=O)CCCN2C(=O)c3ccccc3C2=O)c(C)n1-c1nccs1. The van der Waals surface area contributed by atoms with Crippen LogP contribution >= 0.6 is 11.3 Å². The summed E-state index contributed by atoms with van der Waals surface area (Å²) in [4.78, 5) is 54.8. The number of carbonyl (C=O) groups is 4. The molecule has 1 aromatic carbocycles. The van der Waals surface area contributed by atoms with E-state index in [1.807, 2.05) is 23.8 Å². The molecule has 0 N–H and O–H groups in total. The molecule has 0 aliphatic carbocycles. The Bertz CT molecular complexity index is 1180. The van der Waals surface area contributed by atoms with E-state index in [4.69, 9.17) is 4.74 Å². The van der Waals surface area contributed by atoms with Crippen LogP contribution in [0.3, 0.4) is 0 Å². The van der Waals surface area contributed by atoms with E-state index < -0.39 is 5.97 Å². The fourth-order valence-electron chi connectivity index (χ4n) is 3.79. The maximum Gasteiger partial charge on any atom is 0.306 e. The van der Waals surface area contributed by atoms with E-state index in [-0.39, 0.29) is 43.6 Å². The summed E-state index contributed by atoms with van der Waals surface area (Å²) in [6, 6.07) is 8.39. The Morgan fingerprint density at radius 2 is 1.78 bits per heavy atom. The number of benzene rings is 1. The Kier molecular flexibility index (Phi) is 6.00. The number of nitrogens with zero attached hydrogens (tertiary/aromatic N) is 3. The van der Waals surface area contributed by atoms with E-state index in [9.17, 15) is 19.2 Å². The zero-order valence-electron chi connectivity index (χ0n) is 17.7. The first-order valence-corrected chi connectivity index (χ1v) is 11.0. The molecule has 3 aromatic rings. The van der Waals surface area contributed by atoms with Crippen LogP contribution in [0.2, 0.25) is 0 Å². The van der Waals surface area contributed by atoms with Gasteiger partial charge in [0, 0.05) is 41.5 Å². The molecule has 0 spiro atoms. The Morgan fingerprint density at radius 1 is 1.09 bits per heavy atom. The van der Waals surface area contributed by atoms with Gasteiger partial charge < -0.3 is 4.74 Å². The van der Waals surface area contributed by atoms with Gasteiger partial charge in [-0.25, -0.2) is 4.98 Å². The molecule has 0 unspecified atom stereocenters. The average Bonchev–Trinajstić information content (AvgIpc) is 3.46. The fraction of sp³-hybridized carbons (Fsp3) is 0.261. The molecular formula is C23H21N3O5S. The van der Waals surface area contributed by atoms with E-state index in [0.29, 0.717) is 16.7 Å². The van der Waals surface area contributed by atoms with Crippen molar-refractivity contribution in [1.29, 1.82) is 0 Å². The number of ketones is 1. The lowest BCUT2D eigenvalue weighted by atomic mass is 10.1. The normalized spacial score (nSPS) is 12.9. The topological polar surface area (TPSA) is 98.6 Å². The number of hydrogen-bond acceptors (Lipinski definition) is 7. The molecule has 3 heterocycles. The minimum atomic E-state index is -0.552. The van der Waals surface area contributed by atoms with Gasteiger partial charge in [-0.3, -0.25) is 28.6 Å². The first kappa shape index (κ1) is 21.6. The van der Waals surface area contributed by atoms with E-state index in [0.717, 1.165) is 21.4 Å². The van der Waals surface area contributed by atoms with Crippen molar-refractivity contribution in [1.82, 2.24) is 14.5 Å². The summed E-state index contributed by atoms with van der Waals surface area (Å²) >= 11 is 1.47. The maximum absolute atomic E-state index is 12.6. The van der Waals surface area contributed by atoms with Crippen molar-refractivity contribution in [3.8, 4) is 5.13 Å². The van der Waals surface area contributed by atoms with Crippen LogP contribution in [0.15, 0.2) is 41.9 Å². The van der Waals surface area contributed by atoms with Crippen LogP contribution in [-0.4, -0.2) is 51.2 Å². The van der Waals surface area contributed by atoms with E-state index >= 15 is 0 Å². The highest BCUT2D eigenvalue weighted by Gasteiger charge is 2.34. The lowest BCUT2D eigenvalue weighted by molar-refractivity contribution is -0.142. The Hall–Kier alpha value is -3.59. The van der Waals surface area contributed by atoms with E-state index in [1.165, 1.54) is 11.3 Å². The van der Waals surface area contributed by atoms with Gasteiger partial charge in [0.05, 0.1) is 11.1 Å². The Labute approximate surface area is 188 Å². The van der Waals surface area contributed by atoms with Crippen molar-refractivity contribution in [3.63, 3.8) is 0 Å². The van der Waals surface area contributed by atoms with Gasteiger partial charge in [-0.05, 0) is 38.5 Å². The van der Waals surface area contributed by atoms with Gasteiger partial charge in [0.2, 0.25) is 5.78 Å². The highest BCUT2D eigenvalue weighted by atomic mass is 32.1. The summed E-state index contributed by atoms with van der Waals surface area (Å²) in [6.45, 7) is 3.46. The lowest BCUT2D eigenvalue weighted by Gasteiger charge is -2.13. The van der Waals surface area contributed by atoms with Gasteiger partial charge in [-0.1, -0.05) is 12.1 Å². The number of thiazole rings is 1. The third kappa shape index (κ3) is 3.99. The first-order chi connectivity index (χ1) is 15.4. The largest absolute Gasteiger partial charge is 0.457 e. The molecule has 4 rings (SSSR count). The van der Waals surface area contributed by atoms with Gasteiger partial charge in [-0.2, -0.15) is 0 Å². The fourth-order valence-corrected chi connectivity index (χ4v) is 4.54. The third-order valence-electron chi connectivity index (χ3n) is 5.35. The van der Waals surface area contributed by atoms with Crippen LogP contribution < -0.4 is 0 Å². The molecular weight excluding hydrogens is 430 g/mol. The van der Waals surface area contributed by atoms with Gasteiger partial charge in [-0.15, -0.1) is 11.3 Å².